The first kappa shape index (κ1) is 9.44. The van der Waals surface area contributed by atoms with E-state index in [1.54, 1.807) is 0 Å². The monoisotopic (exact) mass is 198 g/mol. The van der Waals surface area contributed by atoms with Gasteiger partial charge in [0.2, 0.25) is 0 Å². The van der Waals surface area contributed by atoms with Gasteiger partial charge in [0.05, 0.1) is 6.61 Å². The third kappa shape index (κ3) is 2.03. The SMILES string of the molecule is Fc1ccc(F)c(OCC2CCC2)c1. The third-order valence-electron chi connectivity index (χ3n) is 2.59. The highest BCUT2D eigenvalue weighted by atomic mass is 19.1. The molecule has 0 saturated heterocycles. The van der Waals surface area contributed by atoms with E-state index in [4.69, 9.17) is 4.74 Å². The number of ether oxygens (including phenoxy) is 1. The van der Waals surface area contributed by atoms with E-state index in [-0.39, 0.29) is 5.75 Å². The molecule has 0 aromatic heterocycles. The first-order valence-corrected chi connectivity index (χ1v) is 4.83. The van der Waals surface area contributed by atoms with Crippen LogP contribution in [0.3, 0.4) is 0 Å². The predicted octanol–water partition coefficient (Wildman–Crippen LogP) is 3.14. The number of hydrogen-bond acceptors (Lipinski definition) is 1. The summed E-state index contributed by atoms with van der Waals surface area (Å²) in [6, 6.07) is 3.27. The molecule has 1 saturated carbocycles. The smallest absolute Gasteiger partial charge is 0.165 e. The minimum Gasteiger partial charge on any atom is -0.490 e. The van der Waals surface area contributed by atoms with Crippen LogP contribution in [-0.4, -0.2) is 6.61 Å². The van der Waals surface area contributed by atoms with E-state index < -0.39 is 11.6 Å². The molecule has 1 aliphatic carbocycles. The normalized spacial score (nSPS) is 16.4. The fourth-order valence-corrected chi connectivity index (χ4v) is 1.45. The fraction of sp³-hybridized carbons (Fsp3) is 0.455. The van der Waals surface area contributed by atoms with Crippen LogP contribution in [0, 0.1) is 17.6 Å². The van der Waals surface area contributed by atoms with Gasteiger partial charge in [-0.25, -0.2) is 8.78 Å². The average molecular weight is 198 g/mol. The van der Waals surface area contributed by atoms with Crippen molar-refractivity contribution in [1.29, 1.82) is 0 Å². The highest BCUT2D eigenvalue weighted by molar-refractivity contribution is 5.24. The molecule has 0 spiro atoms. The van der Waals surface area contributed by atoms with E-state index in [0.29, 0.717) is 12.5 Å². The molecule has 14 heavy (non-hydrogen) atoms. The standard InChI is InChI=1S/C11H12F2O/c12-9-4-5-10(13)11(6-9)14-7-8-2-1-3-8/h4-6,8H,1-3,7H2. The van der Waals surface area contributed by atoms with Crippen LogP contribution in [-0.2, 0) is 0 Å². The summed E-state index contributed by atoms with van der Waals surface area (Å²) in [7, 11) is 0. The lowest BCUT2D eigenvalue weighted by Crippen LogP contribution is -2.19. The highest BCUT2D eigenvalue weighted by Crippen LogP contribution is 2.27. The van der Waals surface area contributed by atoms with Gasteiger partial charge in [-0.05, 0) is 30.9 Å². The van der Waals surface area contributed by atoms with Crippen LogP contribution >= 0.6 is 0 Å². The van der Waals surface area contributed by atoms with Crippen LogP contribution in [0.25, 0.3) is 0 Å². The number of benzene rings is 1. The van der Waals surface area contributed by atoms with Crippen molar-refractivity contribution in [2.24, 2.45) is 5.92 Å². The van der Waals surface area contributed by atoms with Crippen LogP contribution in [0.15, 0.2) is 18.2 Å². The van der Waals surface area contributed by atoms with E-state index >= 15 is 0 Å². The summed E-state index contributed by atoms with van der Waals surface area (Å²) in [5.74, 6) is -0.407. The van der Waals surface area contributed by atoms with E-state index in [2.05, 4.69) is 0 Å². The Labute approximate surface area is 81.7 Å². The van der Waals surface area contributed by atoms with Crippen LogP contribution in [0.1, 0.15) is 19.3 Å². The lowest BCUT2D eigenvalue weighted by molar-refractivity contribution is 0.175. The van der Waals surface area contributed by atoms with E-state index in [1.165, 1.54) is 6.42 Å². The van der Waals surface area contributed by atoms with Gasteiger partial charge in [0, 0.05) is 6.07 Å². The van der Waals surface area contributed by atoms with Gasteiger partial charge < -0.3 is 4.74 Å². The predicted molar refractivity (Wildman–Crippen MR) is 49.2 cm³/mol. The zero-order chi connectivity index (χ0) is 9.97. The molecule has 1 aromatic rings. The molecule has 0 N–H and O–H groups in total. The Bertz CT molecular complexity index is 321. The van der Waals surface area contributed by atoms with Gasteiger partial charge in [0.25, 0.3) is 0 Å². The Balaban J connectivity index is 1.96. The van der Waals surface area contributed by atoms with Gasteiger partial charge in [-0.1, -0.05) is 6.42 Å². The summed E-state index contributed by atoms with van der Waals surface area (Å²) in [6.45, 7) is 0.500. The van der Waals surface area contributed by atoms with Crippen LogP contribution in [0.2, 0.25) is 0 Å². The highest BCUT2D eigenvalue weighted by Gasteiger charge is 2.18. The van der Waals surface area contributed by atoms with Crippen LogP contribution in [0.5, 0.6) is 5.75 Å². The van der Waals surface area contributed by atoms with Crippen molar-refractivity contribution in [2.45, 2.75) is 19.3 Å². The van der Waals surface area contributed by atoms with Crippen LogP contribution in [0.4, 0.5) is 8.78 Å². The lowest BCUT2D eigenvalue weighted by Gasteiger charge is -2.25. The van der Waals surface area contributed by atoms with Crippen molar-refractivity contribution >= 4 is 0 Å². The molecule has 0 atom stereocenters. The van der Waals surface area contributed by atoms with Crippen molar-refractivity contribution in [3.63, 3.8) is 0 Å². The summed E-state index contributed by atoms with van der Waals surface area (Å²) in [6.07, 6.45) is 3.49. The number of halogens is 2. The molecule has 1 aromatic carbocycles. The van der Waals surface area contributed by atoms with E-state index in [9.17, 15) is 8.78 Å². The van der Waals surface area contributed by atoms with E-state index in [0.717, 1.165) is 31.0 Å². The molecule has 2 rings (SSSR count). The number of rotatable bonds is 3. The molecule has 0 amide bonds. The largest absolute Gasteiger partial charge is 0.490 e. The molecule has 0 unspecified atom stereocenters. The summed E-state index contributed by atoms with van der Waals surface area (Å²) in [5.41, 5.74) is 0. The molecule has 0 radical (unpaired) electrons. The number of hydrogen-bond donors (Lipinski definition) is 0. The zero-order valence-electron chi connectivity index (χ0n) is 7.80. The van der Waals surface area contributed by atoms with Crippen LogP contribution < -0.4 is 4.74 Å². The summed E-state index contributed by atoms with van der Waals surface area (Å²) in [5, 5.41) is 0. The first-order chi connectivity index (χ1) is 6.75. The fourth-order valence-electron chi connectivity index (χ4n) is 1.45. The molecule has 0 heterocycles. The zero-order valence-corrected chi connectivity index (χ0v) is 7.80. The summed E-state index contributed by atoms with van der Waals surface area (Å²) >= 11 is 0. The quantitative estimate of drug-likeness (QED) is 0.725. The Morgan fingerprint density at radius 3 is 2.71 bits per heavy atom. The first-order valence-electron chi connectivity index (χ1n) is 4.83. The molecule has 0 bridgehead atoms. The molecule has 1 fully saturated rings. The average Bonchev–Trinajstić information content (AvgIpc) is 2.08. The Hall–Kier alpha value is -1.12. The van der Waals surface area contributed by atoms with Gasteiger partial charge in [-0.3, -0.25) is 0 Å². The third-order valence-corrected chi connectivity index (χ3v) is 2.59. The topological polar surface area (TPSA) is 9.23 Å². The Morgan fingerprint density at radius 2 is 2.07 bits per heavy atom. The molecule has 1 nitrogen and oxygen atoms in total. The van der Waals surface area contributed by atoms with Crippen molar-refractivity contribution in [1.82, 2.24) is 0 Å². The molecule has 1 aliphatic rings. The van der Waals surface area contributed by atoms with E-state index in [1.807, 2.05) is 0 Å². The second-order valence-corrected chi connectivity index (χ2v) is 3.68. The van der Waals surface area contributed by atoms with Crippen molar-refractivity contribution < 1.29 is 13.5 Å². The summed E-state index contributed by atoms with van der Waals surface area (Å²) < 4.78 is 31.0. The molecule has 76 valence electrons. The van der Waals surface area contributed by atoms with Crippen molar-refractivity contribution in [3.05, 3.63) is 29.8 Å². The minimum atomic E-state index is -0.495. The maximum Gasteiger partial charge on any atom is 0.165 e. The van der Waals surface area contributed by atoms with Crippen molar-refractivity contribution in [2.75, 3.05) is 6.61 Å². The van der Waals surface area contributed by atoms with Gasteiger partial charge in [0.1, 0.15) is 5.82 Å². The Kier molecular flexibility index (Phi) is 2.66. The second kappa shape index (κ2) is 3.95. The lowest BCUT2D eigenvalue weighted by atomic mass is 9.86. The molecular weight excluding hydrogens is 186 g/mol. The van der Waals surface area contributed by atoms with Gasteiger partial charge in [0.15, 0.2) is 11.6 Å². The maximum atomic E-state index is 13.1. The van der Waals surface area contributed by atoms with Gasteiger partial charge in [-0.15, -0.1) is 0 Å². The van der Waals surface area contributed by atoms with Gasteiger partial charge in [-0.2, -0.15) is 0 Å². The summed E-state index contributed by atoms with van der Waals surface area (Å²) in [4.78, 5) is 0. The second-order valence-electron chi connectivity index (χ2n) is 3.68. The molecule has 3 heteroatoms. The van der Waals surface area contributed by atoms with Crippen molar-refractivity contribution in [3.8, 4) is 5.75 Å². The Morgan fingerprint density at radius 1 is 1.29 bits per heavy atom. The maximum absolute atomic E-state index is 13.1. The molecular formula is C11H12F2O. The van der Waals surface area contributed by atoms with Gasteiger partial charge >= 0.3 is 0 Å². The molecule has 0 aliphatic heterocycles. The minimum absolute atomic E-state index is 0.0249.